The smallest absolute Gasteiger partial charge is 0.322 e. The fourth-order valence-corrected chi connectivity index (χ4v) is 0.701. The summed E-state index contributed by atoms with van der Waals surface area (Å²) >= 11 is 0. The highest BCUT2D eigenvalue weighted by atomic mass is 19.3. The van der Waals surface area contributed by atoms with Crippen LogP contribution in [0.25, 0.3) is 0 Å². The third-order valence-electron chi connectivity index (χ3n) is 1.54. The molecule has 0 radical (unpaired) electrons. The molecule has 72 valence electrons. The van der Waals surface area contributed by atoms with Crippen molar-refractivity contribution in [2.75, 3.05) is 7.11 Å². The Morgan fingerprint density at radius 2 is 2.17 bits per heavy atom. The number of esters is 1. The quantitative estimate of drug-likeness (QED) is 0.656. The van der Waals surface area contributed by atoms with Crippen molar-refractivity contribution in [1.82, 2.24) is 0 Å². The number of alkyl halides is 2. The van der Waals surface area contributed by atoms with Gasteiger partial charge in [-0.2, -0.15) is 0 Å². The third-order valence-corrected chi connectivity index (χ3v) is 1.54. The van der Waals surface area contributed by atoms with Crippen molar-refractivity contribution < 1.29 is 18.3 Å². The molecule has 0 aliphatic heterocycles. The van der Waals surface area contributed by atoms with Gasteiger partial charge in [0.05, 0.1) is 7.11 Å². The summed E-state index contributed by atoms with van der Waals surface area (Å²) in [6.07, 6.45) is -0.978. The van der Waals surface area contributed by atoms with E-state index in [-0.39, 0.29) is 6.42 Å². The number of hydrogen-bond acceptors (Lipinski definition) is 3. The lowest BCUT2D eigenvalue weighted by Crippen LogP contribution is -2.37. The minimum absolute atomic E-state index is 0.322. The zero-order valence-electron chi connectivity index (χ0n) is 7.14. The molecule has 0 saturated carbocycles. The van der Waals surface area contributed by atoms with Gasteiger partial charge in [-0.15, -0.1) is 0 Å². The molecule has 0 saturated heterocycles. The first-order valence-electron chi connectivity index (χ1n) is 3.64. The van der Waals surface area contributed by atoms with E-state index < -0.39 is 24.4 Å². The van der Waals surface area contributed by atoms with Gasteiger partial charge in [0.15, 0.2) is 0 Å². The lowest BCUT2D eigenvalue weighted by molar-refractivity contribution is -0.144. The maximum atomic E-state index is 12.6. The minimum Gasteiger partial charge on any atom is -0.468 e. The van der Waals surface area contributed by atoms with Crippen LogP contribution in [0, 0.1) is 0 Å². The molecule has 1 atom stereocenters. The minimum atomic E-state index is -2.88. The van der Waals surface area contributed by atoms with Gasteiger partial charge in [-0.25, -0.2) is 8.78 Å². The van der Waals surface area contributed by atoms with Crippen LogP contribution in [0.2, 0.25) is 0 Å². The van der Waals surface area contributed by atoms with Crippen LogP contribution < -0.4 is 5.73 Å². The van der Waals surface area contributed by atoms with Gasteiger partial charge in [-0.05, 0) is 0 Å². The fourth-order valence-electron chi connectivity index (χ4n) is 0.701. The van der Waals surface area contributed by atoms with Gasteiger partial charge in [0.1, 0.15) is 6.04 Å². The normalized spacial score (nSPS) is 14.1. The summed E-state index contributed by atoms with van der Waals surface area (Å²) in [5.74, 6) is -3.68. The Balaban J connectivity index is 3.99. The Labute approximate surface area is 69.9 Å². The molecule has 0 aromatic rings. The molecular weight excluding hydrogens is 168 g/mol. The molecule has 0 rings (SSSR count). The first kappa shape index (κ1) is 11.3. The van der Waals surface area contributed by atoms with Crippen LogP contribution in [0.15, 0.2) is 0 Å². The molecule has 12 heavy (non-hydrogen) atoms. The number of halogens is 2. The molecular formula is C7H13F2NO2. The number of ether oxygens (including phenoxy) is 1. The number of carbonyl (C=O) groups is 1. The highest BCUT2D eigenvalue weighted by molar-refractivity contribution is 5.75. The van der Waals surface area contributed by atoms with Crippen molar-refractivity contribution in [2.45, 2.75) is 31.7 Å². The Morgan fingerprint density at radius 1 is 1.67 bits per heavy atom. The summed E-state index contributed by atoms with van der Waals surface area (Å²) < 4.78 is 29.4. The van der Waals surface area contributed by atoms with Crippen LogP contribution in [-0.4, -0.2) is 25.0 Å². The molecule has 0 fully saturated rings. The second-order valence-electron chi connectivity index (χ2n) is 2.54. The Kier molecular flexibility index (Phi) is 4.09. The Hall–Kier alpha value is -0.710. The number of nitrogens with two attached hydrogens (primary N) is 1. The largest absolute Gasteiger partial charge is 0.468 e. The van der Waals surface area contributed by atoms with Crippen molar-refractivity contribution in [3.8, 4) is 0 Å². The fraction of sp³-hybridized carbons (Fsp3) is 0.857. The molecule has 1 unspecified atom stereocenters. The maximum absolute atomic E-state index is 12.6. The van der Waals surface area contributed by atoms with Gasteiger partial charge >= 0.3 is 5.97 Å². The Bertz CT molecular complexity index is 161. The van der Waals surface area contributed by atoms with Crippen LogP contribution in [0.5, 0.6) is 0 Å². The van der Waals surface area contributed by atoms with Crippen LogP contribution >= 0.6 is 0 Å². The van der Waals surface area contributed by atoms with Crippen LogP contribution in [0.1, 0.15) is 19.8 Å². The maximum Gasteiger partial charge on any atom is 0.322 e. The SMILES string of the molecule is CCC(F)(F)CC(N)C(=O)OC. The zero-order valence-corrected chi connectivity index (χ0v) is 7.14. The van der Waals surface area contributed by atoms with E-state index in [1.807, 2.05) is 0 Å². The molecule has 0 aliphatic rings. The molecule has 0 heterocycles. The van der Waals surface area contributed by atoms with Crippen LogP contribution in [0.3, 0.4) is 0 Å². The molecule has 0 spiro atoms. The van der Waals surface area contributed by atoms with Gasteiger partial charge < -0.3 is 10.5 Å². The van der Waals surface area contributed by atoms with E-state index in [9.17, 15) is 13.6 Å². The number of carbonyl (C=O) groups excluding carboxylic acids is 1. The molecule has 0 bridgehead atoms. The van der Waals surface area contributed by atoms with Gasteiger partial charge in [0.2, 0.25) is 5.92 Å². The zero-order chi connectivity index (χ0) is 9.78. The van der Waals surface area contributed by atoms with E-state index in [0.717, 1.165) is 7.11 Å². The van der Waals surface area contributed by atoms with Crippen molar-refractivity contribution in [2.24, 2.45) is 5.73 Å². The molecule has 2 N–H and O–H groups in total. The van der Waals surface area contributed by atoms with Crippen molar-refractivity contribution >= 4 is 5.97 Å². The monoisotopic (exact) mass is 181 g/mol. The summed E-state index contributed by atoms with van der Waals surface area (Å²) in [5.41, 5.74) is 5.13. The second kappa shape index (κ2) is 4.35. The lowest BCUT2D eigenvalue weighted by Gasteiger charge is -2.17. The third kappa shape index (κ3) is 3.61. The summed E-state index contributed by atoms with van der Waals surface area (Å²) in [6.45, 7) is 1.34. The first-order valence-corrected chi connectivity index (χ1v) is 3.64. The van der Waals surface area contributed by atoms with Gasteiger partial charge in [0, 0.05) is 12.8 Å². The predicted octanol–water partition coefficient (Wildman–Crippen LogP) is 0.922. The van der Waals surface area contributed by atoms with E-state index in [0.29, 0.717) is 0 Å². The van der Waals surface area contributed by atoms with Crippen molar-refractivity contribution in [3.63, 3.8) is 0 Å². The molecule has 0 amide bonds. The lowest BCUT2D eigenvalue weighted by atomic mass is 10.1. The van der Waals surface area contributed by atoms with E-state index >= 15 is 0 Å². The average molecular weight is 181 g/mol. The van der Waals surface area contributed by atoms with E-state index in [2.05, 4.69) is 4.74 Å². The van der Waals surface area contributed by atoms with E-state index in [1.165, 1.54) is 6.92 Å². The van der Waals surface area contributed by atoms with Crippen molar-refractivity contribution in [3.05, 3.63) is 0 Å². The summed E-state index contributed by atoms with van der Waals surface area (Å²) in [6, 6.07) is -1.23. The number of rotatable bonds is 4. The molecule has 0 aromatic carbocycles. The Morgan fingerprint density at radius 3 is 2.50 bits per heavy atom. The van der Waals surface area contributed by atoms with Gasteiger partial charge in [-0.3, -0.25) is 4.79 Å². The van der Waals surface area contributed by atoms with Crippen molar-refractivity contribution in [1.29, 1.82) is 0 Å². The predicted molar refractivity (Wildman–Crippen MR) is 39.8 cm³/mol. The summed E-state index contributed by atoms with van der Waals surface area (Å²) in [4.78, 5) is 10.6. The van der Waals surface area contributed by atoms with E-state index in [1.54, 1.807) is 0 Å². The number of hydrogen-bond donors (Lipinski definition) is 1. The van der Waals surface area contributed by atoms with Crippen LogP contribution in [-0.2, 0) is 9.53 Å². The van der Waals surface area contributed by atoms with E-state index in [4.69, 9.17) is 5.73 Å². The first-order chi connectivity index (χ1) is 5.43. The van der Waals surface area contributed by atoms with Crippen LogP contribution in [0.4, 0.5) is 8.78 Å². The summed E-state index contributed by atoms with van der Waals surface area (Å²) in [7, 11) is 1.12. The molecule has 0 aliphatic carbocycles. The standard InChI is InChI=1S/C7H13F2NO2/c1-3-7(8,9)4-5(10)6(11)12-2/h5H,3-4,10H2,1-2H3. The average Bonchev–Trinajstić information content (AvgIpc) is 2.02. The number of methoxy groups -OCH3 is 1. The topological polar surface area (TPSA) is 52.3 Å². The van der Waals surface area contributed by atoms with Gasteiger partial charge in [-0.1, -0.05) is 6.92 Å². The molecule has 0 aromatic heterocycles. The summed E-state index contributed by atoms with van der Waals surface area (Å²) in [5, 5.41) is 0. The second-order valence-corrected chi connectivity index (χ2v) is 2.54. The highest BCUT2D eigenvalue weighted by Crippen LogP contribution is 2.23. The van der Waals surface area contributed by atoms with Gasteiger partial charge in [0.25, 0.3) is 0 Å². The molecule has 3 nitrogen and oxygen atoms in total. The highest BCUT2D eigenvalue weighted by Gasteiger charge is 2.32. The molecule has 5 heteroatoms.